The minimum atomic E-state index is -2.73. The molecule has 1 amide bonds. The van der Waals surface area contributed by atoms with Crippen LogP contribution in [0.2, 0.25) is 0 Å². The number of aliphatic hydroxyl groups is 1. The van der Waals surface area contributed by atoms with Crippen molar-refractivity contribution in [2.24, 2.45) is 29.4 Å². The molecular formula is C24H29N3O8. The first-order chi connectivity index (χ1) is 16.4. The fourth-order valence-corrected chi connectivity index (χ4v) is 6.29. The zero-order chi connectivity index (χ0) is 26.0. The van der Waals surface area contributed by atoms with E-state index in [1.165, 1.54) is 18.1 Å². The van der Waals surface area contributed by atoms with Crippen LogP contribution in [0.15, 0.2) is 6.07 Å². The largest absolute Gasteiger partial charge is 0.507 e. The Morgan fingerprint density at radius 2 is 1.91 bits per heavy atom. The van der Waals surface area contributed by atoms with E-state index in [1.54, 1.807) is 21.1 Å². The summed E-state index contributed by atoms with van der Waals surface area (Å²) in [5.41, 5.74) is 3.54. The predicted molar refractivity (Wildman–Crippen MR) is 121 cm³/mol. The second-order valence-electron chi connectivity index (χ2n) is 9.76. The summed E-state index contributed by atoms with van der Waals surface area (Å²) < 4.78 is 5.56. The molecule has 188 valence electrons. The number of carbonyl (C=O) groups is 5. The van der Waals surface area contributed by atoms with Crippen LogP contribution in [0.3, 0.4) is 0 Å². The van der Waals surface area contributed by atoms with Crippen LogP contribution in [0.4, 0.5) is 0 Å². The van der Waals surface area contributed by atoms with Crippen molar-refractivity contribution in [3.05, 3.63) is 22.8 Å². The Labute approximate surface area is 201 Å². The summed E-state index contributed by atoms with van der Waals surface area (Å²) in [4.78, 5) is 67.1. The lowest BCUT2D eigenvalue weighted by Gasteiger charge is -2.52. The van der Waals surface area contributed by atoms with Crippen molar-refractivity contribution >= 4 is 29.0 Å². The maximum atomic E-state index is 13.7. The van der Waals surface area contributed by atoms with Crippen LogP contribution in [-0.4, -0.2) is 84.0 Å². The highest BCUT2D eigenvalue weighted by atomic mass is 16.5. The zero-order valence-corrected chi connectivity index (χ0v) is 20.0. The number of methoxy groups -OCH3 is 1. The second kappa shape index (κ2) is 8.51. The number of Topliss-reactive ketones (excluding diaryl/α,β-unsaturated/α-hetero) is 4. The number of nitrogens with one attached hydrogen (secondary N) is 1. The Bertz CT molecular complexity index is 1160. The Hall–Kier alpha value is -3.15. The van der Waals surface area contributed by atoms with Gasteiger partial charge >= 0.3 is 0 Å². The number of amides is 1. The normalized spacial score (nSPS) is 32.2. The number of nitrogens with zero attached hydrogens (tertiary/aromatic N) is 1. The minimum Gasteiger partial charge on any atom is -0.507 e. The Morgan fingerprint density at radius 3 is 2.46 bits per heavy atom. The van der Waals surface area contributed by atoms with Crippen LogP contribution in [0.25, 0.3) is 0 Å². The van der Waals surface area contributed by atoms with Crippen molar-refractivity contribution in [1.82, 2.24) is 10.2 Å². The van der Waals surface area contributed by atoms with E-state index in [9.17, 15) is 34.2 Å². The van der Waals surface area contributed by atoms with E-state index in [4.69, 9.17) is 10.5 Å². The van der Waals surface area contributed by atoms with Crippen LogP contribution in [0.1, 0.15) is 27.9 Å². The van der Waals surface area contributed by atoms with E-state index in [0.29, 0.717) is 23.4 Å². The number of hydrogen-bond acceptors (Lipinski definition) is 10. The highest BCUT2D eigenvalue weighted by Crippen LogP contribution is 2.52. The van der Waals surface area contributed by atoms with Gasteiger partial charge in [-0.2, -0.15) is 0 Å². The Kier molecular flexibility index (Phi) is 6.06. The van der Waals surface area contributed by atoms with Crippen molar-refractivity contribution in [2.45, 2.75) is 31.0 Å². The highest BCUT2D eigenvalue weighted by molar-refractivity contribution is 6.32. The van der Waals surface area contributed by atoms with Crippen LogP contribution >= 0.6 is 0 Å². The predicted octanol–water partition coefficient (Wildman–Crippen LogP) is -1.40. The maximum Gasteiger partial charge on any atom is 0.235 e. The van der Waals surface area contributed by atoms with Gasteiger partial charge in [-0.3, -0.25) is 28.9 Å². The summed E-state index contributed by atoms with van der Waals surface area (Å²) in [7, 11) is 6.24. The second-order valence-corrected chi connectivity index (χ2v) is 9.76. The molecule has 0 bridgehead atoms. The van der Waals surface area contributed by atoms with Gasteiger partial charge in [0.1, 0.15) is 11.5 Å². The molecule has 3 aliphatic rings. The van der Waals surface area contributed by atoms with E-state index in [-0.39, 0.29) is 24.2 Å². The van der Waals surface area contributed by atoms with Crippen molar-refractivity contribution in [1.29, 1.82) is 0 Å². The monoisotopic (exact) mass is 487 g/mol. The molecule has 4 rings (SSSR count). The summed E-state index contributed by atoms with van der Waals surface area (Å²) in [5, 5.41) is 25.2. The van der Waals surface area contributed by atoms with E-state index in [2.05, 4.69) is 5.32 Å². The number of likely N-dealkylation sites (N-methyl/N-ethyl adjacent to an activating group) is 1. The summed E-state index contributed by atoms with van der Waals surface area (Å²) in [5.74, 6) is -10.3. The molecule has 2 saturated carbocycles. The lowest BCUT2D eigenvalue weighted by atomic mass is 9.52. The molecular weight excluding hydrogens is 458 g/mol. The number of aromatic hydroxyl groups is 1. The number of primary amides is 1. The Balaban J connectivity index is 1.88. The number of carbonyl (C=O) groups excluding carboxylic acids is 5. The number of ketones is 4. The molecule has 0 radical (unpaired) electrons. The first-order valence-electron chi connectivity index (χ1n) is 11.3. The van der Waals surface area contributed by atoms with Crippen molar-refractivity contribution in [3.63, 3.8) is 0 Å². The molecule has 11 nitrogen and oxygen atoms in total. The molecule has 0 heterocycles. The third-order valence-electron chi connectivity index (χ3n) is 7.66. The van der Waals surface area contributed by atoms with Gasteiger partial charge in [0.2, 0.25) is 5.91 Å². The number of nitrogens with two attached hydrogens (primary N) is 1. The lowest BCUT2D eigenvalue weighted by molar-refractivity contribution is -0.181. The summed E-state index contributed by atoms with van der Waals surface area (Å²) in [6.45, 7) is 0.355. The van der Waals surface area contributed by atoms with Crippen LogP contribution < -0.4 is 15.8 Å². The zero-order valence-electron chi connectivity index (χ0n) is 20.0. The van der Waals surface area contributed by atoms with Crippen molar-refractivity contribution in [3.8, 4) is 11.5 Å². The van der Waals surface area contributed by atoms with Gasteiger partial charge in [-0.1, -0.05) is 0 Å². The van der Waals surface area contributed by atoms with E-state index >= 15 is 0 Å². The fraction of sp³-hybridized carbons (Fsp3) is 0.542. The number of fused-ring (bicyclic) bond motifs is 3. The highest BCUT2D eigenvalue weighted by Gasteiger charge is 2.69. The molecule has 0 aliphatic heterocycles. The molecule has 2 unspecified atom stereocenters. The molecule has 6 atom stereocenters. The summed E-state index contributed by atoms with van der Waals surface area (Å²) in [6, 6.07) is 0.245. The van der Waals surface area contributed by atoms with Crippen LogP contribution in [0, 0.1) is 23.7 Å². The third-order valence-corrected chi connectivity index (χ3v) is 7.66. The van der Waals surface area contributed by atoms with E-state index < -0.39 is 64.4 Å². The molecule has 5 N–H and O–H groups in total. The van der Waals surface area contributed by atoms with E-state index in [1.807, 2.05) is 0 Å². The van der Waals surface area contributed by atoms with Gasteiger partial charge in [-0.15, -0.1) is 0 Å². The maximum absolute atomic E-state index is 13.7. The van der Waals surface area contributed by atoms with Crippen LogP contribution in [-0.2, 0) is 32.1 Å². The summed E-state index contributed by atoms with van der Waals surface area (Å²) >= 11 is 0. The van der Waals surface area contributed by atoms with Gasteiger partial charge in [0.25, 0.3) is 0 Å². The molecule has 2 fully saturated rings. The number of benzene rings is 1. The number of ether oxygens (including phenoxy) is 1. The molecule has 0 aromatic heterocycles. The third kappa shape index (κ3) is 3.33. The quantitative estimate of drug-likeness (QED) is 0.361. The summed E-state index contributed by atoms with van der Waals surface area (Å²) in [6.07, 6.45) is 0.143. The standard InChI is InChI=1S/C24H29N3O8/c1-26-8-10-7-13(28)15-11(20(10)35-4)5-9-6-12-17(27(2)3)19(30)16(23(25)33)22(32)24(12,34)21(31)14(9)18(15)29/h7,9,12,14,16-17,26,28,34H,5-6,8H2,1-4H3,(H2,25,33)/t9-,12-,14?,16?,17-,24-/m0/s1. The number of hydrogen-bond donors (Lipinski definition) is 4. The van der Waals surface area contributed by atoms with E-state index in [0.717, 1.165) is 0 Å². The fourth-order valence-electron chi connectivity index (χ4n) is 6.29. The van der Waals surface area contributed by atoms with Crippen LogP contribution in [0.5, 0.6) is 11.5 Å². The average Bonchev–Trinajstić information content (AvgIpc) is 2.76. The first-order valence-corrected chi connectivity index (χ1v) is 11.3. The van der Waals surface area contributed by atoms with Gasteiger partial charge < -0.3 is 26.0 Å². The number of phenols is 1. The molecule has 3 aliphatic carbocycles. The van der Waals surface area contributed by atoms with Gasteiger partial charge in [0.05, 0.1) is 24.6 Å². The minimum absolute atomic E-state index is 0.00985. The van der Waals surface area contributed by atoms with Crippen molar-refractivity contribution < 1.29 is 38.9 Å². The van der Waals surface area contributed by atoms with Gasteiger partial charge in [0.15, 0.2) is 34.7 Å². The molecule has 11 heteroatoms. The SMILES string of the molecule is CNCc1cc(O)c2c(c1OC)C[C@H]1C[C@H]3[C@H](N(C)C)C(=O)C(C(N)=O)C(=O)[C@@]3(O)C(=O)C1C2=O. The molecule has 0 saturated heterocycles. The van der Waals surface area contributed by atoms with Gasteiger partial charge in [-0.25, -0.2) is 0 Å². The lowest BCUT2D eigenvalue weighted by Crippen LogP contribution is -2.74. The number of phenolic OH excluding ortho intramolecular Hbond substituents is 1. The molecule has 1 aromatic rings. The number of rotatable bonds is 5. The average molecular weight is 488 g/mol. The van der Waals surface area contributed by atoms with Gasteiger partial charge in [0, 0.05) is 23.6 Å². The molecule has 0 spiro atoms. The van der Waals surface area contributed by atoms with Crippen molar-refractivity contribution in [2.75, 3.05) is 28.3 Å². The first kappa shape index (κ1) is 25.0. The topological polar surface area (TPSA) is 176 Å². The van der Waals surface area contributed by atoms with Gasteiger partial charge in [-0.05, 0) is 46.0 Å². The molecule has 1 aromatic carbocycles. The smallest absolute Gasteiger partial charge is 0.235 e. The Morgan fingerprint density at radius 1 is 1.26 bits per heavy atom. The molecule has 35 heavy (non-hydrogen) atoms.